The Morgan fingerprint density at radius 3 is 2.62 bits per heavy atom. The number of hydrogen-bond acceptors (Lipinski definition) is 4. The zero-order valence-electron chi connectivity index (χ0n) is 16.3. The fourth-order valence-corrected chi connectivity index (χ4v) is 3.50. The van der Waals surface area contributed by atoms with E-state index in [2.05, 4.69) is 15.3 Å². The maximum atomic E-state index is 13.0. The van der Waals surface area contributed by atoms with Crippen molar-refractivity contribution in [1.82, 2.24) is 14.5 Å². The average Bonchev–Trinajstić information content (AvgIpc) is 3.42. The second-order valence-electron chi connectivity index (χ2n) is 7.90. The molecule has 1 aliphatic carbocycles. The predicted molar refractivity (Wildman–Crippen MR) is 105 cm³/mol. The van der Waals surface area contributed by atoms with Gasteiger partial charge in [-0.1, -0.05) is 12.1 Å². The van der Waals surface area contributed by atoms with Gasteiger partial charge < -0.3 is 9.88 Å². The van der Waals surface area contributed by atoms with Crippen molar-refractivity contribution in [1.29, 1.82) is 0 Å². The monoisotopic (exact) mass is 402 g/mol. The van der Waals surface area contributed by atoms with Gasteiger partial charge in [0.1, 0.15) is 12.1 Å². The third-order valence-electron chi connectivity index (χ3n) is 5.66. The van der Waals surface area contributed by atoms with Crippen LogP contribution in [-0.2, 0) is 11.7 Å². The van der Waals surface area contributed by atoms with Crippen LogP contribution in [0.4, 0.5) is 19.0 Å². The summed E-state index contributed by atoms with van der Waals surface area (Å²) in [6.07, 6.45) is 0.576. The van der Waals surface area contributed by atoms with Gasteiger partial charge in [0.05, 0.1) is 16.5 Å². The first-order valence-corrected chi connectivity index (χ1v) is 9.41. The summed E-state index contributed by atoms with van der Waals surface area (Å²) in [7, 11) is 0. The molecule has 3 aromatic rings. The van der Waals surface area contributed by atoms with Gasteiger partial charge >= 0.3 is 6.18 Å². The van der Waals surface area contributed by atoms with Crippen LogP contribution in [0.25, 0.3) is 10.9 Å². The Kier molecular flexibility index (Phi) is 4.40. The first kappa shape index (κ1) is 19.4. The Morgan fingerprint density at radius 1 is 1.24 bits per heavy atom. The van der Waals surface area contributed by atoms with Crippen LogP contribution in [0.2, 0.25) is 0 Å². The number of hydrogen-bond donors (Lipinski definition) is 1. The fourth-order valence-electron chi connectivity index (χ4n) is 3.50. The molecule has 0 aliphatic heterocycles. The molecule has 0 spiro atoms. The summed E-state index contributed by atoms with van der Waals surface area (Å²) in [6.45, 7) is 5.54. The number of nitrogens with one attached hydrogen (secondary N) is 1. The predicted octanol–water partition coefficient (Wildman–Crippen LogP) is 4.80. The summed E-state index contributed by atoms with van der Waals surface area (Å²) in [5, 5.41) is 3.87. The molecular weight excluding hydrogens is 381 g/mol. The fraction of sp³-hybridized carbons (Fsp3) is 0.381. The second-order valence-corrected chi connectivity index (χ2v) is 7.90. The van der Waals surface area contributed by atoms with Crippen LogP contribution in [-0.4, -0.2) is 14.5 Å². The molecule has 1 aliphatic rings. The van der Waals surface area contributed by atoms with E-state index in [9.17, 15) is 18.0 Å². The van der Waals surface area contributed by atoms with Gasteiger partial charge in [-0.3, -0.25) is 4.79 Å². The normalized spacial score (nSPS) is 16.6. The molecule has 0 bridgehead atoms. The highest BCUT2D eigenvalue weighted by Crippen LogP contribution is 2.42. The van der Waals surface area contributed by atoms with Gasteiger partial charge in [-0.05, 0) is 51.3 Å². The first-order valence-electron chi connectivity index (χ1n) is 9.41. The zero-order chi connectivity index (χ0) is 21.0. The molecule has 1 atom stereocenters. The van der Waals surface area contributed by atoms with E-state index >= 15 is 0 Å². The molecule has 1 saturated carbocycles. The number of aromatic nitrogens is 3. The first-order chi connectivity index (χ1) is 13.6. The van der Waals surface area contributed by atoms with Gasteiger partial charge in [0, 0.05) is 23.3 Å². The van der Waals surface area contributed by atoms with Gasteiger partial charge in [-0.25, -0.2) is 9.97 Å². The highest BCUT2D eigenvalue weighted by Gasteiger charge is 2.40. The summed E-state index contributed by atoms with van der Waals surface area (Å²) in [6, 6.07) is 4.79. The molecule has 29 heavy (non-hydrogen) atoms. The smallest absolute Gasteiger partial charge is 0.363 e. The van der Waals surface area contributed by atoms with E-state index in [1.807, 2.05) is 6.92 Å². The van der Waals surface area contributed by atoms with Crippen molar-refractivity contribution < 1.29 is 13.2 Å². The molecule has 0 saturated heterocycles. The lowest BCUT2D eigenvalue weighted by Gasteiger charge is -2.20. The number of pyridine rings is 1. The summed E-state index contributed by atoms with van der Waals surface area (Å²) in [5.41, 5.74) is 0.605. The minimum Gasteiger partial charge on any atom is -0.363 e. The third kappa shape index (κ3) is 3.47. The summed E-state index contributed by atoms with van der Waals surface area (Å²) in [5.74, 6) is 0.487. The van der Waals surface area contributed by atoms with Crippen molar-refractivity contribution in [3.8, 4) is 0 Å². The summed E-state index contributed by atoms with van der Waals surface area (Å²) < 4.78 is 40.8. The lowest BCUT2D eigenvalue weighted by molar-refractivity contribution is -0.137. The SMILES string of the molecule is Cc1c(=O)n(C2(C)CC2)cc2c(N[C@H](C)c3cccc(C(F)(F)F)c3)ncnc12. The van der Waals surface area contributed by atoms with E-state index in [1.165, 1.54) is 12.4 Å². The Balaban J connectivity index is 1.75. The van der Waals surface area contributed by atoms with E-state index < -0.39 is 17.8 Å². The Hall–Kier alpha value is -2.90. The van der Waals surface area contributed by atoms with Gasteiger partial charge in [0.2, 0.25) is 0 Å². The van der Waals surface area contributed by atoms with E-state index in [0.29, 0.717) is 27.8 Å². The van der Waals surface area contributed by atoms with Crippen molar-refractivity contribution >= 4 is 16.7 Å². The van der Waals surface area contributed by atoms with Crippen LogP contribution in [0.5, 0.6) is 0 Å². The van der Waals surface area contributed by atoms with E-state index in [1.54, 1.807) is 30.7 Å². The van der Waals surface area contributed by atoms with Crippen LogP contribution >= 0.6 is 0 Å². The lowest BCUT2D eigenvalue weighted by Crippen LogP contribution is -2.29. The van der Waals surface area contributed by atoms with Crippen LogP contribution < -0.4 is 10.9 Å². The maximum absolute atomic E-state index is 13.0. The second kappa shape index (κ2) is 6.57. The molecule has 4 rings (SSSR count). The number of alkyl halides is 3. The average molecular weight is 402 g/mol. The molecule has 1 fully saturated rings. The minimum absolute atomic E-state index is 0.0759. The minimum atomic E-state index is -4.40. The molecule has 0 unspecified atom stereocenters. The number of fused-ring (bicyclic) bond motifs is 1. The number of nitrogens with zero attached hydrogens (tertiary/aromatic N) is 3. The van der Waals surface area contributed by atoms with Gasteiger partial charge in [0.15, 0.2) is 0 Å². The van der Waals surface area contributed by atoms with Crippen LogP contribution in [0.1, 0.15) is 49.4 Å². The van der Waals surface area contributed by atoms with Crippen LogP contribution in [0, 0.1) is 6.92 Å². The summed E-state index contributed by atoms with van der Waals surface area (Å²) >= 11 is 0. The largest absolute Gasteiger partial charge is 0.416 e. The molecule has 8 heteroatoms. The Bertz CT molecular complexity index is 1150. The van der Waals surface area contributed by atoms with Gasteiger partial charge in [-0.15, -0.1) is 0 Å². The Morgan fingerprint density at radius 2 is 1.97 bits per heavy atom. The molecular formula is C21H21F3N4O. The molecule has 2 heterocycles. The van der Waals surface area contributed by atoms with Crippen molar-refractivity contribution in [2.24, 2.45) is 0 Å². The van der Waals surface area contributed by atoms with Crippen molar-refractivity contribution in [2.75, 3.05) is 5.32 Å². The maximum Gasteiger partial charge on any atom is 0.416 e. The molecule has 0 amide bonds. The number of halogens is 3. The van der Waals surface area contributed by atoms with Crippen LogP contribution in [0.15, 0.2) is 41.6 Å². The van der Waals surface area contributed by atoms with E-state index in [0.717, 1.165) is 25.0 Å². The highest BCUT2D eigenvalue weighted by atomic mass is 19.4. The number of aryl methyl sites for hydroxylation is 1. The molecule has 2 aromatic heterocycles. The van der Waals surface area contributed by atoms with Crippen molar-refractivity contribution in [2.45, 2.75) is 51.4 Å². The van der Waals surface area contributed by atoms with Crippen LogP contribution in [0.3, 0.4) is 0 Å². The van der Waals surface area contributed by atoms with Gasteiger partial charge in [0.25, 0.3) is 5.56 Å². The van der Waals surface area contributed by atoms with Gasteiger partial charge in [-0.2, -0.15) is 13.2 Å². The Labute approximate surface area is 165 Å². The third-order valence-corrected chi connectivity index (χ3v) is 5.66. The lowest BCUT2D eigenvalue weighted by atomic mass is 10.0. The molecule has 1 N–H and O–H groups in total. The number of rotatable bonds is 4. The van der Waals surface area contributed by atoms with Crippen molar-refractivity contribution in [3.63, 3.8) is 0 Å². The summed E-state index contributed by atoms with van der Waals surface area (Å²) in [4.78, 5) is 21.3. The number of anilines is 1. The van der Waals surface area contributed by atoms with Crippen molar-refractivity contribution in [3.05, 3.63) is 63.8 Å². The molecule has 0 radical (unpaired) electrons. The number of benzene rings is 1. The zero-order valence-corrected chi connectivity index (χ0v) is 16.3. The molecule has 152 valence electrons. The quantitative estimate of drug-likeness (QED) is 0.681. The topological polar surface area (TPSA) is 59.8 Å². The standard InChI is InChI=1S/C21H21F3N4O/c1-12-17-16(10-28(19(12)29)20(3)7-8-20)18(26-11-25-17)27-13(2)14-5-4-6-15(9-14)21(22,23)24/h4-6,9-11,13H,7-8H2,1-3H3,(H,25,26,27)/t13-/m1/s1. The highest BCUT2D eigenvalue weighted by molar-refractivity contribution is 5.90. The van der Waals surface area contributed by atoms with E-state index in [-0.39, 0.29) is 11.1 Å². The van der Waals surface area contributed by atoms with E-state index in [4.69, 9.17) is 0 Å². The molecule has 1 aromatic carbocycles. The molecule has 5 nitrogen and oxygen atoms in total.